The Labute approximate surface area is 321 Å². The molecule has 0 spiro atoms. The number of hydrogen-bond acceptors (Lipinski definition) is 2. The van der Waals surface area contributed by atoms with Crippen LogP contribution < -0.4 is 4.90 Å². The second kappa shape index (κ2) is 11.8. The largest absolute Gasteiger partial charge is 0.455 e. The molecule has 0 radical (unpaired) electrons. The summed E-state index contributed by atoms with van der Waals surface area (Å²) in [6.45, 7) is 0. The molecule has 9 rings (SSSR count). The highest BCUT2D eigenvalue weighted by Crippen LogP contribution is 2.46. The van der Waals surface area contributed by atoms with Gasteiger partial charge in [0.05, 0.1) is 46.8 Å². The van der Waals surface area contributed by atoms with Crippen LogP contribution in [-0.2, 0) is 0 Å². The van der Waals surface area contributed by atoms with Crippen molar-refractivity contribution in [1.29, 1.82) is 0 Å². The van der Waals surface area contributed by atoms with E-state index < -0.39 is 264 Å². The topological polar surface area (TPSA) is 16.4 Å². The minimum atomic E-state index is -1.23. The summed E-state index contributed by atoms with van der Waals surface area (Å²) >= 11 is 0. The molecule has 0 atom stereocenters. The molecule has 2 heteroatoms. The van der Waals surface area contributed by atoms with Crippen LogP contribution in [0.2, 0.25) is 0 Å². The van der Waals surface area contributed by atoms with E-state index >= 15 is 0 Å². The molecule has 0 aliphatic carbocycles. The van der Waals surface area contributed by atoms with Crippen LogP contribution in [0.25, 0.3) is 66.1 Å². The van der Waals surface area contributed by atoms with Crippen molar-refractivity contribution < 1.29 is 45.5 Å². The number of fused-ring (bicyclic) bond motifs is 5. The summed E-state index contributed by atoms with van der Waals surface area (Å²) in [4.78, 5) is 0.506. The molecule has 0 aliphatic heterocycles. The second-order valence-corrected chi connectivity index (χ2v) is 9.86. The monoisotopic (exact) mass is 643 g/mol. The van der Waals surface area contributed by atoms with Crippen LogP contribution in [-0.4, -0.2) is 0 Å². The van der Waals surface area contributed by atoms with E-state index in [1.807, 2.05) is 0 Å². The molecule has 0 amide bonds. The fourth-order valence-electron chi connectivity index (χ4n) is 5.13. The van der Waals surface area contributed by atoms with Gasteiger partial charge in [-0.2, -0.15) is 0 Å². The van der Waals surface area contributed by atoms with E-state index in [1.165, 1.54) is 0 Å². The molecule has 226 valence electrons. The Morgan fingerprint density at radius 3 is 1.44 bits per heavy atom. The fraction of sp³-hybridized carbons (Fsp3) is 0. The van der Waals surface area contributed by atoms with E-state index in [0.29, 0.717) is 4.90 Å². The molecule has 48 heavy (non-hydrogen) atoms. The lowest BCUT2D eigenvalue weighted by Gasteiger charge is -2.27. The number of furan rings is 1. The van der Waals surface area contributed by atoms with Gasteiger partial charge in [-0.1, -0.05) is 151 Å². The number of hydrogen-bond donors (Lipinski definition) is 0. The molecular weight excluding hydrogens is 583 g/mol. The predicted octanol–water partition coefficient (Wildman–Crippen LogP) is 13.2. The van der Waals surface area contributed by atoms with Gasteiger partial charge in [0.25, 0.3) is 0 Å². The van der Waals surface area contributed by atoms with Gasteiger partial charge in [-0.25, -0.2) is 0 Å². The third-order valence-electron chi connectivity index (χ3n) is 7.17. The van der Waals surface area contributed by atoms with E-state index in [1.54, 1.807) is 0 Å². The van der Waals surface area contributed by atoms with E-state index in [2.05, 4.69) is 0 Å². The Morgan fingerprint density at radius 1 is 0.396 bits per heavy atom. The maximum absolute atomic E-state index is 9.62. The van der Waals surface area contributed by atoms with Gasteiger partial charge in [0, 0.05) is 32.9 Å². The van der Waals surface area contributed by atoms with Gasteiger partial charge in [0.15, 0.2) is 0 Å². The Balaban J connectivity index is 1.58. The first-order chi connectivity index (χ1) is 36.3. The zero-order valence-electron chi connectivity index (χ0n) is 53.9. The fourth-order valence-corrected chi connectivity index (χ4v) is 5.13. The Bertz CT molecular complexity index is 4000. The van der Waals surface area contributed by atoms with Crippen molar-refractivity contribution >= 4 is 49.8 Å². The first-order valence-corrected chi connectivity index (χ1v) is 13.9. The molecule has 8 aromatic carbocycles. The van der Waals surface area contributed by atoms with Crippen LogP contribution in [0.3, 0.4) is 0 Å². The van der Waals surface area contributed by atoms with Crippen LogP contribution in [0.5, 0.6) is 0 Å². The first-order valence-electron chi connectivity index (χ1n) is 28.9. The molecule has 0 saturated heterocycles. The van der Waals surface area contributed by atoms with Crippen molar-refractivity contribution in [2.45, 2.75) is 0 Å². The molecule has 0 fully saturated rings. The molecule has 1 heterocycles. The van der Waals surface area contributed by atoms with Crippen molar-refractivity contribution in [3.05, 3.63) is 187 Å². The highest BCUT2D eigenvalue weighted by molar-refractivity contribution is 6.22. The lowest BCUT2D eigenvalue weighted by atomic mass is 9.97. The van der Waals surface area contributed by atoms with Gasteiger partial charge in [-0.15, -0.1) is 0 Å². The maximum Gasteiger partial charge on any atom is 0.143 e. The summed E-state index contributed by atoms with van der Waals surface area (Å²) in [5.41, 5.74) is -9.00. The Kier molecular flexibility index (Phi) is 2.66. The van der Waals surface area contributed by atoms with Crippen molar-refractivity contribution in [2.24, 2.45) is 0 Å². The molecule has 9 aromatic rings. The number of benzene rings is 8. The standard InChI is InChI=1S/C46H31NO/c1-4-13-32(14-5-1)34-23-27-37(28-24-34)47(38-29-25-35(26-30-38)33-15-6-2-7-16-33)43-31-42-45-39(36-17-8-3-9-18-36)21-12-22-44(45)48-46(42)41-20-11-10-19-40(41)43/h1-31H/i1D,2D,3D,4D,5D,6D,7D,8D,9D,10D,11D,12D,13D,14D,15D,16D,17D,18D,19D,20D,21D,22D,23D,24D,25D,26D,27D,28D,29D,30D. The lowest BCUT2D eigenvalue weighted by molar-refractivity contribution is 0.673. The first kappa shape index (κ1) is 10.8. The van der Waals surface area contributed by atoms with Gasteiger partial charge in [-0.05, 0) is 69.7 Å². The highest BCUT2D eigenvalue weighted by Gasteiger charge is 2.21. The SMILES string of the molecule is [2H]c1c([2H])c([2H])c(-c2c([2H])c([2H])c(N(c3c([2H])c([2H])c(-c4c([2H])c([2H])c([2H])c([2H])c4[2H])c([2H])c3[2H])c3cc4c(oc5c([2H])c([2H])c([2H])c(-c6c([2H])c([2H])c([2H])c([2H])c6[2H])c54)c4c([2H])c([2H])c([2H])c([2H])c34)c([2H])c2[2H])c([2H])c1[2H]. The van der Waals surface area contributed by atoms with Gasteiger partial charge in [0.2, 0.25) is 0 Å². The molecule has 0 aliphatic rings. The quantitative estimate of drug-likeness (QED) is 0.179. The third-order valence-corrected chi connectivity index (χ3v) is 7.17. The zero-order chi connectivity index (χ0) is 58.0. The summed E-state index contributed by atoms with van der Waals surface area (Å²) in [5.74, 6) is 0. The molecule has 0 N–H and O–H groups in total. The Hall–Kier alpha value is -6.38. The summed E-state index contributed by atoms with van der Waals surface area (Å²) in [7, 11) is 0. The van der Waals surface area contributed by atoms with E-state index in [4.69, 9.17) is 30.5 Å². The average Bonchev–Trinajstić information content (AvgIpc) is 3.91. The van der Waals surface area contributed by atoms with Crippen LogP contribution in [0.4, 0.5) is 17.1 Å². The summed E-state index contributed by atoms with van der Waals surface area (Å²) in [5, 5.41) is -2.39. The number of nitrogens with zero attached hydrogens (tertiary/aromatic N) is 1. The van der Waals surface area contributed by atoms with Gasteiger partial charge < -0.3 is 9.32 Å². The van der Waals surface area contributed by atoms with Crippen molar-refractivity contribution in [2.75, 3.05) is 4.90 Å². The van der Waals surface area contributed by atoms with Crippen molar-refractivity contribution in [1.82, 2.24) is 0 Å². The Morgan fingerprint density at radius 2 is 0.875 bits per heavy atom. The van der Waals surface area contributed by atoms with Gasteiger partial charge in [-0.3, -0.25) is 0 Å². The maximum atomic E-state index is 9.62. The smallest absolute Gasteiger partial charge is 0.143 e. The van der Waals surface area contributed by atoms with E-state index in [-0.39, 0.29) is 0 Å². The minimum absolute atomic E-state index is 0.483. The normalized spacial score (nSPS) is 20.1. The zero-order valence-corrected chi connectivity index (χ0v) is 23.9. The molecule has 0 saturated carbocycles. The van der Waals surface area contributed by atoms with Crippen LogP contribution >= 0.6 is 0 Å². The van der Waals surface area contributed by atoms with Crippen LogP contribution in [0, 0.1) is 0 Å². The van der Waals surface area contributed by atoms with Crippen LogP contribution in [0.15, 0.2) is 192 Å². The number of rotatable bonds is 6. The summed E-state index contributed by atoms with van der Waals surface area (Å²) < 4.78 is 273. The molecule has 2 nitrogen and oxygen atoms in total. The molecule has 0 bridgehead atoms. The predicted molar refractivity (Wildman–Crippen MR) is 202 cm³/mol. The lowest BCUT2D eigenvalue weighted by Crippen LogP contribution is -2.10. The second-order valence-electron chi connectivity index (χ2n) is 9.86. The minimum Gasteiger partial charge on any atom is -0.455 e. The van der Waals surface area contributed by atoms with Gasteiger partial charge >= 0.3 is 0 Å². The van der Waals surface area contributed by atoms with Crippen LogP contribution in [0.1, 0.15) is 41.1 Å². The van der Waals surface area contributed by atoms with E-state index in [9.17, 15) is 15.1 Å². The van der Waals surface area contributed by atoms with Crippen molar-refractivity contribution in [3.8, 4) is 33.4 Å². The molecule has 1 aromatic heterocycles. The molecule has 0 unspecified atom stereocenters. The van der Waals surface area contributed by atoms with Gasteiger partial charge in [0.1, 0.15) is 11.2 Å². The summed E-state index contributed by atoms with van der Waals surface area (Å²) in [6.07, 6.45) is 0. The van der Waals surface area contributed by atoms with E-state index in [0.717, 1.165) is 6.07 Å². The molecular formula is C46H31NO. The summed E-state index contributed by atoms with van der Waals surface area (Å²) in [6, 6.07) is -29.2. The number of anilines is 3. The highest BCUT2D eigenvalue weighted by atomic mass is 16.3. The third kappa shape index (κ3) is 4.83. The van der Waals surface area contributed by atoms with Crippen molar-refractivity contribution in [3.63, 3.8) is 0 Å². The average molecular weight is 644 g/mol.